The molecule has 0 aromatic carbocycles. The standard InChI is InChI=1S/C15H24O2/c1-10(2)12-6-5-11(3)14-7-8-15(4,17-14)9-13(12)16/h10,12,14H,3,5-9H2,1-2,4H3. The largest absolute Gasteiger partial charge is 0.367 e. The second kappa shape index (κ2) is 4.56. The molecule has 0 N–H and O–H groups in total. The van der Waals surface area contributed by atoms with E-state index in [1.54, 1.807) is 0 Å². The molecule has 96 valence electrons. The summed E-state index contributed by atoms with van der Waals surface area (Å²) in [4.78, 5) is 12.4. The number of rotatable bonds is 1. The molecule has 17 heavy (non-hydrogen) atoms. The number of hydrogen-bond acceptors (Lipinski definition) is 2. The Morgan fingerprint density at radius 2 is 2.12 bits per heavy atom. The lowest BCUT2D eigenvalue weighted by molar-refractivity contribution is -0.129. The van der Waals surface area contributed by atoms with Crippen molar-refractivity contribution in [2.75, 3.05) is 0 Å². The van der Waals surface area contributed by atoms with Crippen molar-refractivity contribution in [2.24, 2.45) is 11.8 Å². The maximum atomic E-state index is 12.4. The van der Waals surface area contributed by atoms with Gasteiger partial charge in [0.25, 0.3) is 0 Å². The molecule has 2 heteroatoms. The molecule has 2 bridgehead atoms. The number of ketones is 1. The first-order valence-corrected chi connectivity index (χ1v) is 6.79. The second-order valence-corrected chi connectivity index (χ2v) is 6.29. The fraction of sp³-hybridized carbons (Fsp3) is 0.800. The Hall–Kier alpha value is -0.630. The van der Waals surface area contributed by atoms with Crippen molar-refractivity contribution in [2.45, 2.75) is 64.6 Å². The Balaban J connectivity index is 2.20. The lowest BCUT2D eigenvalue weighted by Gasteiger charge is -2.26. The van der Waals surface area contributed by atoms with Gasteiger partial charge in [0.1, 0.15) is 5.78 Å². The highest BCUT2D eigenvalue weighted by Gasteiger charge is 2.41. The molecule has 2 rings (SSSR count). The van der Waals surface area contributed by atoms with Gasteiger partial charge in [0.05, 0.1) is 11.7 Å². The van der Waals surface area contributed by atoms with Gasteiger partial charge in [-0.15, -0.1) is 0 Å². The lowest BCUT2D eigenvalue weighted by atomic mass is 9.80. The molecule has 0 aromatic rings. The third-order valence-electron chi connectivity index (χ3n) is 4.36. The van der Waals surface area contributed by atoms with E-state index in [-0.39, 0.29) is 17.6 Å². The molecule has 0 spiro atoms. The Morgan fingerprint density at radius 3 is 2.76 bits per heavy atom. The summed E-state index contributed by atoms with van der Waals surface area (Å²) in [6.07, 6.45) is 4.70. The molecule has 0 amide bonds. The van der Waals surface area contributed by atoms with Crippen LogP contribution in [0.1, 0.15) is 52.9 Å². The van der Waals surface area contributed by atoms with Crippen LogP contribution in [-0.2, 0) is 9.53 Å². The van der Waals surface area contributed by atoms with Crippen LogP contribution in [0.3, 0.4) is 0 Å². The highest BCUT2D eigenvalue weighted by molar-refractivity contribution is 5.82. The number of ether oxygens (including phenoxy) is 1. The summed E-state index contributed by atoms with van der Waals surface area (Å²) in [6, 6.07) is 0. The van der Waals surface area contributed by atoms with Crippen LogP contribution in [0.2, 0.25) is 0 Å². The maximum Gasteiger partial charge on any atom is 0.139 e. The molecule has 0 aromatic heterocycles. The zero-order valence-corrected chi connectivity index (χ0v) is 11.3. The smallest absolute Gasteiger partial charge is 0.139 e. The molecule has 3 unspecified atom stereocenters. The predicted molar refractivity (Wildman–Crippen MR) is 68.8 cm³/mol. The van der Waals surface area contributed by atoms with Crippen molar-refractivity contribution in [3.05, 3.63) is 12.2 Å². The van der Waals surface area contributed by atoms with E-state index in [0.717, 1.165) is 25.7 Å². The number of carbonyl (C=O) groups is 1. The van der Waals surface area contributed by atoms with Crippen molar-refractivity contribution in [1.82, 2.24) is 0 Å². The molecular formula is C15H24O2. The van der Waals surface area contributed by atoms with Crippen molar-refractivity contribution in [3.63, 3.8) is 0 Å². The third-order valence-corrected chi connectivity index (χ3v) is 4.36. The van der Waals surface area contributed by atoms with Crippen LogP contribution in [-0.4, -0.2) is 17.5 Å². The van der Waals surface area contributed by atoms with Gasteiger partial charge in [-0.1, -0.05) is 20.4 Å². The van der Waals surface area contributed by atoms with Gasteiger partial charge in [0.2, 0.25) is 0 Å². The summed E-state index contributed by atoms with van der Waals surface area (Å²) < 4.78 is 6.06. The Labute approximate surface area is 104 Å². The summed E-state index contributed by atoms with van der Waals surface area (Å²) >= 11 is 0. The third kappa shape index (κ3) is 2.62. The zero-order valence-electron chi connectivity index (χ0n) is 11.3. The Morgan fingerprint density at radius 1 is 1.41 bits per heavy atom. The Kier molecular flexibility index (Phi) is 3.44. The average Bonchev–Trinajstić information content (AvgIpc) is 2.60. The van der Waals surface area contributed by atoms with Crippen molar-refractivity contribution >= 4 is 5.78 Å². The van der Waals surface area contributed by atoms with Crippen molar-refractivity contribution < 1.29 is 9.53 Å². The van der Waals surface area contributed by atoms with E-state index in [1.165, 1.54) is 5.57 Å². The number of fused-ring (bicyclic) bond motifs is 2. The van der Waals surface area contributed by atoms with E-state index in [9.17, 15) is 4.79 Å². The number of carbonyl (C=O) groups excluding carboxylic acids is 1. The molecule has 2 aliphatic rings. The minimum atomic E-state index is -0.234. The summed E-state index contributed by atoms with van der Waals surface area (Å²) in [7, 11) is 0. The van der Waals surface area contributed by atoms with Gasteiger partial charge in [-0.05, 0) is 44.1 Å². The van der Waals surface area contributed by atoms with Crippen molar-refractivity contribution in [3.8, 4) is 0 Å². The molecule has 2 heterocycles. The summed E-state index contributed by atoms with van der Waals surface area (Å²) in [6.45, 7) is 10.5. The lowest BCUT2D eigenvalue weighted by Crippen LogP contribution is -2.31. The normalized spacial score (nSPS) is 39.1. The van der Waals surface area contributed by atoms with E-state index in [1.807, 2.05) is 0 Å². The highest BCUT2D eigenvalue weighted by atomic mass is 16.5. The quantitative estimate of drug-likeness (QED) is 0.651. The first kappa shape index (κ1) is 12.8. The van der Waals surface area contributed by atoms with Gasteiger partial charge in [-0.3, -0.25) is 4.79 Å². The molecule has 2 aliphatic heterocycles. The van der Waals surface area contributed by atoms with E-state index in [2.05, 4.69) is 27.4 Å². The second-order valence-electron chi connectivity index (χ2n) is 6.29. The van der Waals surface area contributed by atoms with Crippen LogP contribution in [0.4, 0.5) is 0 Å². The summed E-state index contributed by atoms with van der Waals surface area (Å²) in [5.41, 5.74) is 0.955. The molecule has 0 aliphatic carbocycles. The Bertz CT molecular complexity index is 332. The van der Waals surface area contributed by atoms with Crippen LogP contribution < -0.4 is 0 Å². The zero-order chi connectivity index (χ0) is 12.6. The summed E-state index contributed by atoms with van der Waals surface area (Å²) in [5.74, 6) is 1.000. The first-order valence-electron chi connectivity index (χ1n) is 6.79. The maximum absolute atomic E-state index is 12.4. The molecule has 0 radical (unpaired) electrons. The molecule has 2 saturated heterocycles. The van der Waals surface area contributed by atoms with Crippen LogP contribution >= 0.6 is 0 Å². The molecule has 3 atom stereocenters. The van der Waals surface area contributed by atoms with Gasteiger partial charge in [0.15, 0.2) is 0 Å². The van der Waals surface area contributed by atoms with Crippen LogP contribution in [0, 0.1) is 11.8 Å². The van der Waals surface area contributed by atoms with Gasteiger partial charge in [-0.25, -0.2) is 0 Å². The fourth-order valence-electron chi connectivity index (χ4n) is 3.18. The highest BCUT2D eigenvalue weighted by Crippen LogP contribution is 2.40. The van der Waals surface area contributed by atoms with E-state index >= 15 is 0 Å². The van der Waals surface area contributed by atoms with E-state index in [0.29, 0.717) is 18.1 Å². The van der Waals surface area contributed by atoms with Gasteiger partial charge < -0.3 is 4.74 Å². The van der Waals surface area contributed by atoms with Crippen LogP contribution in [0.15, 0.2) is 12.2 Å². The number of hydrogen-bond donors (Lipinski definition) is 0. The van der Waals surface area contributed by atoms with Crippen LogP contribution in [0.25, 0.3) is 0 Å². The minimum Gasteiger partial charge on any atom is -0.367 e. The topological polar surface area (TPSA) is 26.3 Å². The van der Waals surface area contributed by atoms with E-state index < -0.39 is 0 Å². The van der Waals surface area contributed by atoms with Crippen LogP contribution in [0.5, 0.6) is 0 Å². The molecule has 2 nitrogen and oxygen atoms in total. The summed E-state index contributed by atoms with van der Waals surface area (Å²) in [5, 5.41) is 0. The van der Waals surface area contributed by atoms with Gasteiger partial charge in [-0.2, -0.15) is 0 Å². The van der Waals surface area contributed by atoms with Crippen molar-refractivity contribution in [1.29, 1.82) is 0 Å². The first-order chi connectivity index (χ1) is 7.91. The monoisotopic (exact) mass is 236 g/mol. The average molecular weight is 236 g/mol. The number of Topliss-reactive ketones (excluding diaryl/α,β-unsaturated/α-hetero) is 1. The van der Waals surface area contributed by atoms with E-state index in [4.69, 9.17) is 4.74 Å². The van der Waals surface area contributed by atoms with Gasteiger partial charge in [0, 0.05) is 12.3 Å². The minimum absolute atomic E-state index is 0.187. The van der Waals surface area contributed by atoms with Gasteiger partial charge >= 0.3 is 0 Å². The molecule has 2 fully saturated rings. The molecule has 0 saturated carbocycles. The predicted octanol–water partition coefficient (Wildman–Crippen LogP) is 3.51. The SMILES string of the molecule is C=C1CCC(C(C)C)C(=O)CC2(C)CCC1O2. The fourth-order valence-corrected chi connectivity index (χ4v) is 3.18. The molecular weight excluding hydrogens is 212 g/mol.